The first-order valence-corrected chi connectivity index (χ1v) is 13.4. The summed E-state index contributed by atoms with van der Waals surface area (Å²) >= 11 is 0. The van der Waals surface area contributed by atoms with Gasteiger partial charge in [0.05, 0.1) is 7.11 Å². The van der Waals surface area contributed by atoms with Gasteiger partial charge in [-0.15, -0.1) is 0 Å². The normalized spacial score (nSPS) is 17.3. The van der Waals surface area contributed by atoms with Gasteiger partial charge in [-0.1, -0.05) is 59.0 Å². The molecule has 4 heteroatoms. The summed E-state index contributed by atoms with van der Waals surface area (Å²) in [4.78, 5) is 2.26. The Balaban J connectivity index is 2.83. The molecule has 0 fully saturated rings. The van der Waals surface area contributed by atoms with Crippen molar-refractivity contribution in [1.82, 2.24) is 4.90 Å². The first kappa shape index (κ1) is 23.3. The number of nitrogens with zero attached hydrogens (tertiary/aromatic N) is 1. The first-order valence-electron chi connectivity index (χ1n) is 10.4. The average molecular weight is 414 g/mol. The second kappa shape index (κ2) is 8.43. The predicted molar refractivity (Wildman–Crippen MR) is 128 cm³/mol. The van der Waals surface area contributed by atoms with E-state index in [0.29, 0.717) is 12.5 Å². The van der Waals surface area contributed by atoms with Crippen LogP contribution in [0.15, 0.2) is 47.3 Å². The second-order valence-electron chi connectivity index (χ2n) is 9.83. The molecular formula is C25H39NO2Si. The minimum atomic E-state index is -2.08. The Morgan fingerprint density at radius 1 is 1.21 bits per heavy atom. The van der Waals surface area contributed by atoms with Gasteiger partial charge in [0.2, 0.25) is 0 Å². The maximum absolute atomic E-state index is 6.36. The summed E-state index contributed by atoms with van der Waals surface area (Å²) < 4.78 is 12.1. The van der Waals surface area contributed by atoms with E-state index in [-0.39, 0.29) is 5.41 Å². The van der Waals surface area contributed by atoms with Crippen molar-refractivity contribution >= 4 is 13.3 Å². The summed E-state index contributed by atoms with van der Waals surface area (Å²) in [6.45, 7) is 20.5. The summed E-state index contributed by atoms with van der Waals surface area (Å²) in [6, 6.07) is 4.34. The van der Waals surface area contributed by atoms with Crippen LogP contribution in [0.3, 0.4) is 0 Å². The fourth-order valence-corrected chi connectivity index (χ4v) is 8.10. The van der Waals surface area contributed by atoms with Gasteiger partial charge in [-0.05, 0) is 46.8 Å². The van der Waals surface area contributed by atoms with Crippen molar-refractivity contribution in [2.75, 3.05) is 27.8 Å². The maximum Gasteiger partial charge on any atom is 0.123 e. The molecule has 0 aliphatic heterocycles. The van der Waals surface area contributed by atoms with Gasteiger partial charge in [-0.2, -0.15) is 0 Å². The minimum Gasteiger partial charge on any atom is -0.497 e. The maximum atomic E-state index is 6.36. The van der Waals surface area contributed by atoms with Gasteiger partial charge < -0.3 is 14.4 Å². The Hall–Kier alpha value is -1.94. The van der Waals surface area contributed by atoms with Crippen LogP contribution < -0.4 is 14.7 Å². The molecule has 0 radical (unpaired) electrons. The van der Waals surface area contributed by atoms with Crippen molar-refractivity contribution in [3.63, 3.8) is 0 Å². The van der Waals surface area contributed by atoms with E-state index in [9.17, 15) is 0 Å². The average Bonchev–Trinajstić information content (AvgIpc) is 2.94. The van der Waals surface area contributed by atoms with Gasteiger partial charge in [0.15, 0.2) is 0 Å². The van der Waals surface area contributed by atoms with Crippen molar-refractivity contribution in [3.05, 3.63) is 52.9 Å². The van der Waals surface area contributed by atoms with E-state index in [4.69, 9.17) is 9.47 Å². The molecule has 29 heavy (non-hydrogen) atoms. The van der Waals surface area contributed by atoms with Gasteiger partial charge in [-0.3, -0.25) is 0 Å². The summed E-state index contributed by atoms with van der Waals surface area (Å²) in [5.41, 5.74) is 3.91. The molecule has 0 saturated heterocycles. The lowest BCUT2D eigenvalue weighted by atomic mass is 9.86. The lowest BCUT2D eigenvalue weighted by molar-refractivity contribution is 0.351. The fourth-order valence-electron chi connectivity index (χ4n) is 4.28. The third-order valence-electron chi connectivity index (χ3n) is 6.04. The smallest absolute Gasteiger partial charge is 0.123 e. The number of benzene rings is 1. The molecule has 1 unspecified atom stereocenters. The number of hydrogen-bond acceptors (Lipinski definition) is 3. The Morgan fingerprint density at radius 2 is 1.83 bits per heavy atom. The predicted octanol–water partition coefficient (Wildman–Crippen LogP) is 5.42. The molecule has 1 aromatic carbocycles. The van der Waals surface area contributed by atoms with Crippen LogP contribution in [0.2, 0.25) is 13.1 Å². The van der Waals surface area contributed by atoms with Crippen LogP contribution in [0.4, 0.5) is 0 Å². The molecule has 3 nitrogen and oxygen atoms in total. The molecule has 1 atom stereocenters. The Morgan fingerprint density at radius 3 is 2.31 bits per heavy atom. The number of rotatable bonds is 7. The number of likely N-dealkylation sites (N-methyl/N-ethyl adjacent to an activating group) is 1. The summed E-state index contributed by atoms with van der Waals surface area (Å²) in [5.74, 6) is 2.35. The van der Waals surface area contributed by atoms with Crippen LogP contribution in [-0.4, -0.2) is 40.8 Å². The van der Waals surface area contributed by atoms with E-state index < -0.39 is 8.07 Å². The monoisotopic (exact) mass is 413 g/mol. The Labute approximate surface area is 179 Å². The molecule has 0 N–H and O–H groups in total. The number of methoxy groups -OCH3 is 1. The topological polar surface area (TPSA) is 21.7 Å². The van der Waals surface area contributed by atoms with E-state index >= 15 is 0 Å². The van der Waals surface area contributed by atoms with Crippen molar-refractivity contribution in [3.8, 4) is 11.5 Å². The van der Waals surface area contributed by atoms with E-state index in [0.717, 1.165) is 11.5 Å². The van der Waals surface area contributed by atoms with Crippen molar-refractivity contribution < 1.29 is 9.47 Å². The zero-order valence-corrected chi connectivity index (χ0v) is 21.1. The second-order valence-corrected chi connectivity index (χ2v) is 14.2. The molecule has 0 amide bonds. The van der Waals surface area contributed by atoms with Crippen molar-refractivity contribution in [1.29, 1.82) is 0 Å². The van der Waals surface area contributed by atoms with Gasteiger partial charge in [-0.25, -0.2) is 0 Å². The van der Waals surface area contributed by atoms with Crippen LogP contribution in [0.5, 0.6) is 11.5 Å². The lowest BCUT2D eigenvalue weighted by Gasteiger charge is -2.35. The van der Waals surface area contributed by atoms with Gasteiger partial charge in [0, 0.05) is 25.4 Å². The third kappa shape index (κ3) is 4.47. The van der Waals surface area contributed by atoms with Crippen LogP contribution in [-0.2, 0) is 5.41 Å². The zero-order chi connectivity index (χ0) is 22.1. The van der Waals surface area contributed by atoms with E-state index in [1.54, 1.807) is 12.3 Å². The van der Waals surface area contributed by atoms with E-state index in [1.165, 1.54) is 22.0 Å². The molecule has 1 aromatic rings. The van der Waals surface area contributed by atoms with Crippen LogP contribution >= 0.6 is 0 Å². The van der Waals surface area contributed by atoms with Crippen LogP contribution in [0.25, 0.3) is 0 Å². The summed E-state index contributed by atoms with van der Waals surface area (Å²) in [5, 5.41) is 2.85. The Kier molecular flexibility index (Phi) is 6.78. The highest BCUT2D eigenvalue weighted by Gasteiger charge is 2.41. The van der Waals surface area contributed by atoms with Gasteiger partial charge in [0.25, 0.3) is 0 Å². The van der Waals surface area contributed by atoms with E-state index in [2.05, 4.69) is 91.5 Å². The quantitative estimate of drug-likeness (QED) is 0.440. The molecule has 0 aromatic heterocycles. The van der Waals surface area contributed by atoms with Gasteiger partial charge in [0.1, 0.15) is 26.2 Å². The summed E-state index contributed by atoms with van der Waals surface area (Å²) in [6.07, 6.45) is 4.17. The number of hydrogen-bond donors (Lipinski definition) is 0. The SMILES string of the molecule is C=CCOc1c(C(C)(C)C)cc(OC)cc1[Si](C)(C)C1=C(N(C)C)C=C(C)C1C. The Bertz CT molecular complexity index is 841. The highest BCUT2D eigenvalue weighted by Crippen LogP contribution is 2.41. The van der Waals surface area contributed by atoms with E-state index in [1.807, 2.05) is 6.08 Å². The largest absolute Gasteiger partial charge is 0.497 e. The lowest BCUT2D eigenvalue weighted by Crippen LogP contribution is -2.48. The molecular weight excluding hydrogens is 374 g/mol. The zero-order valence-electron chi connectivity index (χ0n) is 20.1. The number of ether oxygens (including phenoxy) is 2. The van der Waals surface area contributed by atoms with Crippen LogP contribution in [0, 0.1) is 5.92 Å². The van der Waals surface area contributed by atoms with Gasteiger partial charge >= 0.3 is 0 Å². The molecule has 160 valence electrons. The third-order valence-corrected chi connectivity index (χ3v) is 9.79. The fraction of sp³-hybridized carbons (Fsp3) is 0.520. The summed E-state index contributed by atoms with van der Waals surface area (Å²) in [7, 11) is 3.95. The first-order chi connectivity index (χ1) is 13.4. The standard InChI is InChI=1S/C25H39NO2Si/c1-12-13-28-23-20(25(4,5)6)15-19(27-9)16-22(23)29(10,11)24-18(3)17(2)14-21(24)26(7)8/h12,14-16,18H,1,13H2,2-11H3. The minimum absolute atomic E-state index is 0.0571. The molecule has 0 bridgehead atoms. The molecule has 1 aliphatic carbocycles. The molecule has 2 rings (SSSR count). The molecule has 0 heterocycles. The molecule has 1 aliphatic rings. The molecule has 0 saturated carbocycles. The highest BCUT2D eigenvalue weighted by atomic mass is 28.3. The van der Waals surface area contributed by atoms with Crippen molar-refractivity contribution in [2.24, 2.45) is 5.92 Å². The molecule has 0 spiro atoms. The van der Waals surface area contributed by atoms with Crippen molar-refractivity contribution in [2.45, 2.75) is 53.1 Å². The number of allylic oxidation sites excluding steroid dienone is 3. The van der Waals surface area contributed by atoms with Crippen LogP contribution in [0.1, 0.15) is 40.2 Å². The highest BCUT2D eigenvalue weighted by molar-refractivity contribution is 6.96.